The summed E-state index contributed by atoms with van der Waals surface area (Å²) >= 11 is 0. The molecule has 1 aliphatic rings. The lowest BCUT2D eigenvalue weighted by molar-refractivity contribution is -0.0501. The molecule has 3 rings (SSSR count). The predicted molar refractivity (Wildman–Crippen MR) is 78.1 cm³/mol. The Morgan fingerprint density at radius 1 is 1.35 bits per heavy atom. The summed E-state index contributed by atoms with van der Waals surface area (Å²) in [5.74, 6) is 0. The van der Waals surface area contributed by atoms with Gasteiger partial charge in [0.1, 0.15) is 24.0 Å². The smallest absolute Gasteiger partial charge is 0.398 e. The van der Waals surface area contributed by atoms with Crippen molar-refractivity contribution in [2.24, 2.45) is 0 Å². The van der Waals surface area contributed by atoms with E-state index >= 15 is 0 Å². The zero-order valence-corrected chi connectivity index (χ0v) is 12.7. The third-order valence-electron chi connectivity index (χ3n) is 3.67. The molecule has 4 atom stereocenters. The van der Waals surface area contributed by atoms with E-state index in [1.165, 1.54) is 10.8 Å². The van der Waals surface area contributed by atoms with Gasteiger partial charge in [0.15, 0.2) is 6.23 Å². The third kappa shape index (κ3) is 3.10. The van der Waals surface area contributed by atoms with Crippen LogP contribution in [0.3, 0.4) is 0 Å². The molecule has 1 fully saturated rings. The van der Waals surface area contributed by atoms with Crippen LogP contribution in [0.25, 0.3) is 11.0 Å². The van der Waals surface area contributed by atoms with Crippen molar-refractivity contribution in [2.75, 3.05) is 12.3 Å². The van der Waals surface area contributed by atoms with Crippen LogP contribution >= 0.6 is 7.82 Å². The predicted octanol–water partition coefficient (Wildman–Crippen LogP) is -0.653. The first-order valence-electron chi connectivity index (χ1n) is 6.70. The molecule has 0 saturated carbocycles. The quantitative estimate of drug-likeness (QED) is 0.453. The molecule has 0 aromatic carbocycles. The van der Waals surface area contributed by atoms with Gasteiger partial charge in [0.25, 0.3) is 0 Å². The van der Waals surface area contributed by atoms with Crippen LogP contribution < -0.4 is 5.73 Å². The minimum Gasteiger partial charge on any atom is -0.398 e. The molecule has 6 N–H and O–H groups in total. The van der Waals surface area contributed by atoms with Crippen molar-refractivity contribution >= 4 is 24.5 Å². The van der Waals surface area contributed by atoms with Crippen LogP contribution in [0.1, 0.15) is 6.23 Å². The van der Waals surface area contributed by atoms with E-state index in [4.69, 9.17) is 20.3 Å². The maximum Gasteiger partial charge on any atom is 0.469 e. The van der Waals surface area contributed by atoms with Gasteiger partial charge in [-0.25, -0.2) is 9.55 Å². The summed E-state index contributed by atoms with van der Waals surface area (Å²) in [5.41, 5.74) is 6.80. The average molecular weight is 345 g/mol. The van der Waals surface area contributed by atoms with E-state index in [1.807, 2.05) is 0 Å². The number of pyridine rings is 1. The summed E-state index contributed by atoms with van der Waals surface area (Å²) < 4.78 is 22.1. The number of nitrogens with zero attached hydrogens (tertiary/aromatic N) is 2. The maximum absolute atomic E-state index is 10.7. The molecule has 0 spiro atoms. The molecule has 1 saturated heterocycles. The summed E-state index contributed by atoms with van der Waals surface area (Å²) in [6.45, 7) is -0.562. The first-order valence-corrected chi connectivity index (χ1v) is 8.23. The number of aliphatic hydroxyl groups is 2. The molecule has 23 heavy (non-hydrogen) atoms. The van der Waals surface area contributed by atoms with Crippen LogP contribution in [0.4, 0.5) is 5.69 Å². The third-order valence-corrected chi connectivity index (χ3v) is 4.15. The number of nitrogen functional groups attached to an aromatic ring is 1. The molecule has 0 radical (unpaired) electrons. The van der Waals surface area contributed by atoms with Crippen molar-refractivity contribution in [1.82, 2.24) is 9.55 Å². The Kier molecular flexibility index (Phi) is 4.15. The number of phosphoric ester groups is 1. The molecule has 2 aromatic heterocycles. The van der Waals surface area contributed by atoms with Gasteiger partial charge in [-0.15, -0.1) is 0 Å². The number of aromatic nitrogens is 2. The second kappa shape index (κ2) is 5.84. The van der Waals surface area contributed by atoms with Gasteiger partial charge in [-0.1, -0.05) is 0 Å². The Morgan fingerprint density at radius 3 is 2.78 bits per heavy atom. The Morgan fingerprint density at radius 2 is 2.09 bits per heavy atom. The van der Waals surface area contributed by atoms with E-state index in [0.29, 0.717) is 16.7 Å². The number of hydrogen-bond donors (Lipinski definition) is 5. The monoisotopic (exact) mass is 345 g/mol. The second-order valence-electron chi connectivity index (χ2n) is 5.19. The summed E-state index contributed by atoms with van der Waals surface area (Å²) in [4.78, 5) is 21.6. The van der Waals surface area contributed by atoms with Gasteiger partial charge in [-0.2, -0.15) is 0 Å². The lowest BCUT2D eigenvalue weighted by atomic mass is 10.1. The topological polar surface area (TPSA) is 160 Å². The highest BCUT2D eigenvalue weighted by Gasteiger charge is 2.44. The second-order valence-corrected chi connectivity index (χ2v) is 6.43. The highest BCUT2D eigenvalue weighted by Crippen LogP contribution is 2.39. The van der Waals surface area contributed by atoms with Crippen LogP contribution in [0.15, 0.2) is 24.5 Å². The molecule has 0 aliphatic carbocycles. The van der Waals surface area contributed by atoms with E-state index in [2.05, 4.69) is 9.51 Å². The fourth-order valence-corrected chi connectivity index (χ4v) is 2.89. The number of aliphatic hydroxyl groups excluding tert-OH is 2. The van der Waals surface area contributed by atoms with Crippen molar-refractivity contribution < 1.29 is 33.8 Å². The zero-order chi connectivity index (χ0) is 16.8. The summed E-state index contributed by atoms with van der Waals surface area (Å²) in [5, 5.41) is 20.8. The average Bonchev–Trinajstić information content (AvgIpc) is 3.01. The fourth-order valence-electron chi connectivity index (χ4n) is 2.55. The summed E-state index contributed by atoms with van der Waals surface area (Å²) in [7, 11) is -4.70. The largest absolute Gasteiger partial charge is 0.469 e. The Balaban J connectivity index is 1.85. The lowest BCUT2D eigenvalue weighted by Crippen LogP contribution is -2.33. The number of nitrogens with two attached hydrogens (primary N) is 1. The Labute approximate surface area is 130 Å². The normalized spacial score (nSPS) is 28.5. The summed E-state index contributed by atoms with van der Waals surface area (Å²) in [6, 6.07) is 3.32. The Bertz CT molecular complexity index is 760. The van der Waals surface area contributed by atoms with Gasteiger partial charge in [0, 0.05) is 23.5 Å². The standard InChI is InChI=1S/C12H16N3O7P/c13-7-1-3-14-11-6(7)2-4-15(11)12-10(17)9(16)8(22-12)5-21-23(18,19)20/h1-4,8-10,12,16-17H,5H2,(H2,13,14)(H2,18,19,20)/t8?,9-,10-,12-/m1/s1. The van der Waals surface area contributed by atoms with Crippen molar-refractivity contribution in [3.05, 3.63) is 24.5 Å². The first-order chi connectivity index (χ1) is 10.8. The van der Waals surface area contributed by atoms with E-state index in [0.717, 1.165) is 0 Å². The Hall–Kier alpha value is -1.52. The van der Waals surface area contributed by atoms with E-state index in [9.17, 15) is 14.8 Å². The van der Waals surface area contributed by atoms with E-state index in [1.54, 1.807) is 18.3 Å². The van der Waals surface area contributed by atoms with Gasteiger partial charge in [0.2, 0.25) is 0 Å². The number of rotatable bonds is 4. The van der Waals surface area contributed by atoms with Crippen molar-refractivity contribution in [3.8, 4) is 0 Å². The number of anilines is 1. The van der Waals surface area contributed by atoms with Gasteiger partial charge in [-0.3, -0.25) is 4.52 Å². The molecule has 126 valence electrons. The first kappa shape index (κ1) is 16.3. The highest BCUT2D eigenvalue weighted by atomic mass is 31.2. The molecular formula is C12H16N3O7P. The van der Waals surface area contributed by atoms with E-state index < -0.39 is 39.0 Å². The SMILES string of the molecule is Nc1ccnc2c1ccn2[C@@H]1OC(COP(=O)(O)O)[C@@H](O)[C@H]1O. The molecule has 2 aromatic rings. The van der Waals surface area contributed by atoms with Gasteiger partial charge < -0.3 is 35.0 Å². The number of phosphoric acid groups is 1. The molecule has 11 heteroatoms. The van der Waals surface area contributed by atoms with Gasteiger partial charge in [-0.05, 0) is 12.1 Å². The lowest BCUT2D eigenvalue weighted by Gasteiger charge is -2.17. The molecule has 3 heterocycles. The van der Waals surface area contributed by atoms with Crippen molar-refractivity contribution in [2.45, 2.75) is 24.5 Å². The van der Waals surface area contributed by atoms with E-state index in [-0.39, 0.29) is 0 Å². The highest BCUT2D eigenvalue weighted by molar-refractivity contribution is 7.46. The van der Waals surface area contributed by atoms with Crippen molar-refractivity contribution in [1.29, 1.82) is 0 Å². The van der Waals surface area contributed by atoms with Gasteiger partial charge in [0.05, 0.1) is 6.61 Å². The molecule has 0 amide bonds. The van der Waals surface area contributed by atoms with Gasteiger partial charge >= 0.3 is 7.82 Å². The van der Waals surface area contributed by atoms with Crippen molar-refractivity contribution in [3.63, 3.8) is 0 Å². The molecule has 0 bridgehead atoms. The maximum atomic E-state index is 10.7. The van der Waals surface area contributed by atoms with Crippen LogP contribution in [0.5, 0.6) is 0 Å². The number of ether oxygens (including phenoxy) is 1. The minimum absolute atomic E-state index is 0.456. The van der Waals surface area contributed by atoms with Crippen LogP contribution in [-0.4, -0.2) is 54.5 Å². The molecule has 10 nitrogen and oxygen atoms in total. The molecule has 1 aliphatic heterocycles. The zero-order valence-electron chi connectivity index (χ0n) is 11.8. The number of fused-ring (bicyclic) bond motifs is 1. The fraction of sp³-hybridized carbons (Fsp3) is 0.417. The van der Waals surface area contributed by atoms with Crippen LogP contribution in [-0.2, 0) is 13.8 Å². The number of hydrogen-bond acceptors (Lipinski definition) is 7. The van der Waals surface area contributed by atoms with Crippen LogP contribution in [0.2, 0.25) is 0 Å². The summed E-state index contributed by atoms with van der Waals surface area (Å²) in [6.07, 6.45) is -1.67. The molecular weight excluding hydrogens is 329 g/mol. The van der Waals surface area contributed by atoms with Crippen LogP contribution in [0, 0.1) is 0 Å². The molecule has 1 unspecified atom stereocenters. The minimum atomic E-state index is -4.70.